The molecule has 2 rings (SSSR count). The summed E-state index contributed by atoms with van der Waals surface area (Å²) in [6, 6.07) is 5.61. The van der Waals surface area contributed by atoms with Crippen LogP contribution in [0.1, 0.15) is 13.3 Å². The van der Waals surface area contributed by atoms with Crippen molar-refractivity contribution in [2.24, 2.45) is 0 Å². The highest BCUT2D eigenvalue weighted by molar-refractivity contribution is 6.30. The number of imide groups is 1. The van der Waals surface area contributed by atoms with Gasteiger partial charge in [0.2, 0.25) is 11.8 Å². The number of nitrogens with zero attached hydrogens (tertiary/aromatic N) is 1. The Balaban J connectivity index is 2.24. The maximum atomic E-state index is 12.0. The van der Waals surface area contributed by atoms with Gasteiger partial charge in [-0.3, -0.25) is 14.4 Å². The second kappa shape index (κ2) is 4.78. The molecule has 1 heterocycles. The standard InChI is InChI=1S/C12H11ClN2O3/c1-7(16)14-10-6-11(17)15(12(10)18)9-4-2-8(13)3-5-9/h2-5,10H,6H2,1H3,(H,14,16). The van der Waals surface area contributed by atoms with E-state index < -0.39 is 11.9 Å². The molecule has 1 aliphatic rings. The Bertz CT molecular complexity index is 513. The number of anilines is 1. The Hall–Kier alpha value is -1.88. The summed E-state index contributed by atoms with van der Waals surface area (Å²) < 4.78 is 0. The third-order valence-corrected chi connectivity index (χ3v) is 2.86. The first-order chi connectivity index (χ1) is 8.49. The minimum absolute atomic E-state index is 0.0129. The Morgan fingerprint density at radius 2 is 1.94 bits per heavy atom. The van der Waals surface area contributed by atoms with E-state index in [-0.39, 0.29) is 18.2 Å². The Labute approximate surface area is 109 Å². The fourth-order valence-electron chi connectivity index (χ4n) is 1.85. The lowest BCUT2D eigenvalue weighted by Gasteiger charge is -2.15. The van der Waals surface area contributed by atoms with Gasteiger partial charge in [0, 0.05) is 11.9 Å². The second-order valence-electron chi connectivity index (χ2n) is 4.00. The lowest BCUT2D eigenvalue weighted by Crippen LogP contribution is -2.40. The van der Waals surface area contributed by atoms with Gasteiger partial charge in [0.1, 0.15) is 6.04 Å². The number of carbonyl (C=O) groups excluding carboxylic acids is 3. The molecule has 1 atom stereocenters. The molecule has 0 radical (unpaired) electrons. The van der Waals surface area contributed by atoms with Crippen LogP contribution in [-0.2, 0) is 14.4 Å². The van der Waals surface area contributed by atoms with Gasteiger partial charge >= 0.3 is 0 Å². The average Bonchev–Trinajstić information content (AvgIpc) is 2.55. The van der Waals surface area contributed by atoms with Crippen molar-refractivity contribution in [2.75, 3.05) is 4.90 Å². The zero-order valence-corrected chi connectivity index (χ0v) is 10.4. The molecular formula is C12H11ClN2O3. The van der Waals surface area contributed by atoms with Gasteiger partial charge in [0.25, 0.3) is 5.91 Å². The molecule has 1 N–H and O–H groups in total. The molecule has 0 saturated carbocycles. The number of halogens is 1. The third kappa shape index (κ3) is 2.36. The second-order valence-corrected chi connectivity index (χ2v) is 4.44. The number of rotatable bonds is 2. The molecule has 0 spiro atoms. The first-order valence-electron chi connectivity index (χ1n) is 5.38. The maximum Gasteiger partial charge on any atom is 0.256 e. The molecule has 1 saturated heterocycles. The minimum atomic E-state index is -0.773. The van der Waals surface area contributed by atoms with Crippen molar-refractivity contribution in [1.29, 1.82) is 0 Å². The van der Waals surface area contributed by atoms with E-state index in [1.807, 2.05) is 0 Å². The predicted octanol–water partition coefficient (Wildman–Crippen LogP) is 1.11. The molecular weight excluding hydrogens is 256 g/mol. The molecule has 1 aromatic carbocycles. The summed E-state index contributed by atoms with van der Waals surface area (Å²) in [5, 5.41) is 2.98. The van der Waals surface area contributed by atoms with Crippen molar-refractivity contribution >= 4 is 35.0 Å². The van der Waals surface area contributed by atoms with E-state index in [2.05, 4.69) is 5.32 Å². The van der Waals surface area contributed by atoms with Gasteiger partial charge < -0.3 is 5.32 Å². The molecule has 18 heavy (non-hydrogen) atoms. The van der Waals surface area contributed by atoms with Crippen LogP contribution in [0.4, 0.5) is 5.69 Å². The van der Waals surface area contributed by atoms with E-state index in [0.29, 0.717) is 10.7 Å². The first kappa shape index (κ1) is 12.6. The zero-order valence-electron chi connectivity index (χ0n) is 9.64. The fourth-order valence-corrected chi connectivity index (χ4v) is 1.98. The van der Waals surface area contributed by atoms with Crippen LogP contribution in [0.15, 0.2) is 24.3 Å². The summed E-state index contributed by atoms with van der Waals surface area (Å²) in [5.74, 6) is -1.09. The summed E-state index contributed by atoms with van der Waals surface area (Å²) in [6.45, 7) is 1.31. The van der Waals surface area contributed by atoms with E-state index in [1.165, 1.54) is 6.92 Å². The number of carbonyl (C=O) groups is 3. The summed E-state index contributed by atoms with van der Waals surface area (Å²) in [5.41, 5.74) is 0.460. The highest BCUT2D eigenvalue weighted by Crippen LogP contribution is 2.24. The SMILES string of the molecule is CC(=O)NC1CC(=O)N(c2ccc(Cl)cc2)C1=O. The van der Waals surface area contributed by atoms with Crippen LogP contribution in [0.25, 0.3) is 0 Å². The predicted molar refractivity (Wildman–Crippen MR) is 66.2 cm³/mol. The van der Waals surface area contributed by atoms with Crippen molar-refractivity contribution in [3.8, 4) is 0 Å². The highest BCUT2D eigenvalue weighted by Gasteiger charge is 2.39. The van der Waals surface area contributed by atoms with Crippen LogP contribution < -0.4 is 10.2 Å². The van der Waals surface area contributed by atoms with Crippen LogP contribution >= 0.6 is 11.6 Å². The fraction of sp³-hybridized carbons (Fsp3) is 0.250. The highest BCUT2D eigenvalue weighted by atomic mass is 35.5. The Kier molecular flexibility index (Phi) is 3.34. The van der Waals surface area contributed by atoms with Crippen LogP contribution in [0, 0.1) is 0 Å². The monoisotopic (exact) mass is 266 g/mol. The van der Waals surface area contributed by atoms with Crippen LogP contribution in [-0.4, -0.2) is 23.8 Å². The molecule has 5 nitrogen and oxygen atoms in total. The zero-order chi connectivity index (χ0) is 13.3. The Morgan fingerprint density at radius 1 is 1.33 bits per heavy atom. The van der Waals surface area contributed by atoms with Crippen LogP contribution in [0.2, 0.25) is 5.02 Å². The summed E-state index contributed by atoms with van der Waals surface area (Å²) in [6.07, 6.45) is -0.0129. The molecule has 6 heteroatoms. The molecule has 3 amide bonds. The molecule has 94 valence electrons. The minimum Gasteiger partial charge on any atom is -0.344 e. The van der Waals surface area contributed by atoms with Gasteiger partial charge in [-0.05, 0) is 24.3 Å². The molecule has 1 aromatic rings. The van der Waals surface area contributed by atoms with Crippen molar-refractivity contribution in [3.05, 3.63) is 29.3 Å². The number of amides is 3. The van der Waals surface area contributed by atoms with E-state index in [1.54, 1.807) is 24.3 Å². The van der Waals surface area contributed by atoms with Crippen molar-refractivity contribution in [2.45, 2.75) is 19.4 Å². The van der Waals surface area contributed by atoms with Crippen molar-refractivity contribution in [3.63, 3.8) is 0 Å². The summed E-state index contributed by atoms with van der Waals surface area (Å²) >= 11 is 5.74. The number of benzene rings is 1. The molecule has 1 aliphatic heterocycles. The smallest absolute Gasteiger partial charge is 0.256 e. The van der Waals surface area contributed by atoms with Gasteiger partial charge in [0.15, 0.2) is 0 Å². The topological polar surface area (TPSA) is 66.5 Å². The van der Waals surface area contributed by atoms with Gasteiger partial charge in [-0.2, -0.15) is 0 Å². The largest absolute Gasteiger partial charge is 0.344 e. The van der Waals surface area contributed by atoms with Gasteiger partial charge in [-0.1, -0.05) is 11.6 Å². The van der Waals surface area contributed by atoms with E-state index in [4.69, 9.17) is 11.6 Å². The lowest BCUT2D eigenvalue weighted by atomic mass is 10.2. The van der Waals surface area contributed by atoms with E-state index >= 15 is 0 Å². The van der Waals surface area contributed by atoms with E-state index in [0.717, 1.165) is 4.90 Å². The maximum absolute atomic E-state index is 12.0. The number of hydrogen-bond donors (Lipinski definition) is 1. The summed E-state index contributed by atoms with van der Waals surface area (Å²) in [7, 11) is 0. The van der Waals surface area contributed by atoms with Crippen LogP contribution in [0.3, 0.4) is 0 Å². The van der Waals surface area contributed by atoms with Crippen molar-refractivity contribution < 1.29 is 14.4 Å². The molecule has 1 fully saturated rings. The lowest BCUT2D eigenvalue weighted by molar-refractivity contribution is -0.125. The molecule has 1 unspecified atom stereocenters. The average molecular weight is 267 g/mol. The number of hydrogen-bond acceptors (Lipinski definition) is 3. The van der Waals surface area contributed by atoms with Gasteiger partial charge in [-0.25, -0.2) is 4.90 Å². The van der Waals surface area contributed by atoms with E-state index in [9.17, 15) is 14.4 Å². The molecule has 0 aliphatic carbocycles. The third-order valence-electron chi connectivity index (χ3n) is 2.61. The van der Waals surface area contributed by atoms with Gasteiger partial charge in [-0.15, -0.1) is 0 Å². The van der Waals surface area contributed by atoms with Gasteiger partial charge in [0.05, 0.1) is 12.1 Å². The van der Waals surface area contributed by atoms with Crippen LogP contribution in [0.5, 0.6) is 0 Å². The number of nitrogens with one attached hydrogen (secondary N) is 1. The summed E-state index contributed by atoms with van der Waals surface area (Å²) in [4.78, 5) is 35.8. The Morgan fingerprint density at radius 3 is 2.50 bits per heavy atom. The quantitative estimate of drug-likeness (QED) is 0.816. The normalized spacial score (nSPS) is 19.2. The molecule has 0 bridgehead atoms. The first-order valence-corrected chi connectivity index (χ1v) is 5.76. The molecule has 0 aromatic heterocycles. The van der Waals surface area contributed by atoms with Crippen molar-refractivity contribution in [1.82, 2.24) is 5.32 Å².